The average Bonchev–Trinajstić information content (AvgIpc) is 2.92. The van der Waals surface area contributed by atoms with Gasteiger partial charge in [0.25, 0.3) is 5.91 Å². The number of carbonyl (C=O) groups is 1. The predicted molar refractivity (Wildman–Crippen MR) is 78.3 cm³/mol. The molecule has 2 rings (SSSR count). The van der Waals surface area contributed by atoms with Crippen molar-refractivity contribution in [3.8, 4) is 0 Å². The summed E-state index contributed by atoms with van der Waals surface area (Å²) in [4.78, 5) is 20.2. The first-order valence-electron chi connectivity index (χ1n) is 5.59. The van der Waals surface area contributed by atoms with E-state index >= 15 is 0 Å². The lowest BCUT2D eigenvalue weighted by Crippen LogP contribution is -2.26. The molecule has 0 bridgehead atoms. The van der Waals surface area contributed by atoms with E-state index in [4.69, 9.17) is 18.0 Å². The topological polar surface area (TPSA) is 80.9 Å². The average molecular weight is 292 g/mol. The lowest BCUT2D eigenvalue weighted by molar-refractivity contribution is 0.0949. The fourth-order valence-corrected chi connectivity index (χ4v) is 2.17. The van der Waals surface area contributed by atoms with E-state index in [9.17, 15) is 4.79 Å². The number of pyridine rings is 1. The van der Waals surface area contributed by atoms with Gasteiger partial charge in [-0.15, -0.1) is 11.3 Å². The number of amides is 1. The van der Waals surface area contributed by atoms with Gasteiger partial charge in [0.1, 0.15) is 10.7 Å². The van der Waals surface area contributed by atoms with Crippen molar-refractivity contribution in [1.82, 2.24) is 15.3 Å². The van der Waals surface area contributed by atoms with Crippen LogP contribution in [0.1, 0.15) is 21.1 Å². The molecule has 0 radical (unpaired) electrons. The highest BCUT2D eigenvalue weighted by Crippen LogP contribution is 2.04. The Balaban J connectivity index is 1.87. The van der Waals surface area contributed by atoms with Gasteiger partial charge < -0.3 is 11.1 Å². The Hall–Kier alpha value is -1.86. The SMILES string of the molecule is NC(=S)c1ccc(C(=O)NCCc2nccs2)nc1. The number of hydrogen-bond acceptors (Lipinski definition) is 5. The number of nitrogens with zero attached hydrogens (tertiary/aromatic N) is 2. The second-order valence-electron chi connectivity index (χ2n) is 3.73. The highest BCUT2D eigenvalue weighted by molar-refractivity contribution is 7.80. The highest BCUT2D eigenvalue weighted by atomic mass is 32.1. The van der Waals surface area contributed by atoms with Crippen LogP contribution in [-0.2, 0) is 6.42 Å². The minimum atomic E-state index is -0.217. The van der Waals surface area contributed by atoms with Gasteiger partial charge in [-0.1, -0.05) is 12.2 Å². The second kappa shape index (κ2) is 6.35. The van der Waals surface area contributed by atoms with Gasteiger partial charge in [-0.25, -0.2) is 4.98 Å². The molecule has 0 spiro atoms. The van der Waals surface area contributed by atoms with E-state index in [0.717, 1.165) is 5.01 Å². The number of thiocarbonyl (C=S) groups is 1. The van der Waals surface area contributed by atoms with Crippen molar-refractivity contribution in [3.05, 3.63) is 46.2 Å². The zero-order valence-electron chi connectivity index (χ0n) is 10.00. The van der Waals surface area contributed by atoms with Crippen LogP contribution in [0.5, 0.6) is 0 Å². The molecule has 0 saturated heterocycles. The van der Waals surface area contributed by atoms with Crippen molar-refractivity contribution in [2.75, 3.05) is 6.54 Å². The Kier molecular flexibility index (Phi) is 4.53. The number of nitrogens with one attached hydrogen (secondary N) is 1. The third-order valence-electron chi connectivity index (χ3n) is 2.39. The van der Waals surface area contributed by atoms with E-state index in [1.807, 2.05) is 5.38 Å². The third kappa shape index (κ3) is 3.80. The summed E-state index contributed by atoms with van der Waals surface area (Å²) >= 11 is 6.39. The first-order valence-corrected chi connectivity index (χ1v) is 6.88. The van der Waals surface area contributed by atoms with E-state index in [2.05, 4.69) is 15.3 Å². The monoisotopic (exact) mass is 292 g/mol. The van der Waals surface area contributed by atoms with Crippen LogP contribution in [-0.4, -0.2) is 27.4 Å². The van der Waals surface area contributed by atoms with Crippen molar-refractivity contribution >= 4 is 34.5 Å². The van der Waals surface area contributed by atoms with E-state index in [0.29, 0.717) is 24.2 Å². The number of rotatable bonds is 5. The van der Waals surface area contributed by atoms with Gasteiger partial charge in [0, 0.05) is 36.3 Å². The summed E-state index contributed by atoms with van der Waals surface area (Å²) in [6.45, 7) is 0.533. The maximum Gasteiger partial charge on any atom is 0.269 e. The molecule has 7 heteroatoms. The number of nitrogens with two attached hydrogens (primary N) is 1. The minimum absolute atomic E-state index is 0.217. The zero-order chi connectivity index (χ0) is 13.7. The summed E-state index contributed by atoms with van der Waals surface area (Å²) in [6.07, 6.45) is 3.96. The van der Waals surface area contributed by atoms with Gasteiger partial charge in [0.2, 0.25) is 0 Å². The molecule has 0 aliphatic rings. The summed E-state index contributed by atoms with van der Waals surface area (Å²) in [7, 11) is 0. The van der Waals surface area contributed by atoms with Crippen molar-refractivity contribution in [2.45, 2.75) is 6.42 Å². The number of aromatic nitrogens is 2. The molecular weight excluding hydrogens is 280 g/mol. The van der Waals surface area contributed by atoms with Gasteiger partial charge in [-0.3, -0.25) is 9.78 Å². The first-order chi connectivity index (χ1) is 9.16. The molecule has 19 heavy (non-hydrogen) atoms. The molecule has 0 aromatic carbocycles. The van der Waals surface area contributed by atoms with Gasteiger partial charge in [-0.2, -0.15) is 0 Å². The Morgan fingerprint density at radius 1 is 1.42 bits per heavy atom. The molecule has 0 aliphatic carbocycles. The predicted octanol–water partition coefficient (Wildman–Crippen LogP) is 1.14. The molecule has 0 saturated carbocycles. The smallest absolute Gasteiger partial charge is 0.269 e. The van der Waals surface area contributed by atoms with Crippen LogP contribution in [0, 0.1) is 0 Å². The number of thiazole rings is 1. The quantitative estimate of drug-likeness (QED) is 0.808. The summed E-state index contributed by atoms with van der Waals surface area (Å²) < 4.78 is 0. The fraction of sp³-hybridized carbons (Fsp3) is 0.167. The largest absolute Gasteiger partial charge is 0.389 e. The second-order valence-corrected chi connectivity index (χ2v) is 5.15. The molecule has 98 valence electrons. The number of hydrogen-bond donors (Lipinski definition) is 2. The molecule has 1 amide bonds. The molecule has 2 aromatic rings. The van der Waals surface area contributed by atoms with Crippen LogP contribution in [0.15, 0.2) is 29.9 Å². The Morgan fingerprint density at radius 3 is 2.84 bits per heavy atom. The van der Waals surface area contributed by atoms with E-state index in [1.54, 1.807) is 29.7 Å². The first kappa shape index (κ1) is 13.6. The molecule has 2 aromatic heterocycles. The lowest BCUT2D eigenvalue weighted by Gasteiger charge is -2.04. The summed E-state index contributed by atoms with van der Waals surface area (Å²) in [5.74, 6) is -0.217. The minimum Gasteiger partial charge on any atom is -0.389 e. The maximum atomic E-state index is 11.8. The van der Waals surface area contributed by atoms with Crippen molar-refractivity contribution in [3.63, 3.8) is 0 Å². The van der Waals surface area contributed by atoms with Crippen LogP contribution in [0.2, 0.25) is 0 Å². The van der Waals surface area contributed by atoms with E-state index in [-0.39, 0.29) is 10.9 Å². The molecule has 0 aliphatic heterocycles. The third-order valence-corrected chi connectivity index (χ3v) is 3.46. The Labute approximate surface area is 119 Å². The standard InChI is InChI=1S/C12H12N4OS2/c13-11(18)8-1-2-9(16-7-8)12(17)15-4-3-10-14-5-6-19-10/h1-2,5-7H,3-4H2,(H2,13,18)(H,15,17). The van der Waals surface area contributed by atoms with Crippen LogP contribution < -0.4 is 11.1 Å². The molecule has 5 nitrogen and oxygen atoms in total. The number of carbonyl (C=O) groups excluding carboxylic acids is 1. The van der Waals surface area contributed by atoms with Crippen LogP contribution in [0.25, 0.3) is 0 Å². The zero-order valence-corrected chi connectivity index (χ0v) is 11.6. The summed E-state index contributed by atoms with van der Waals surface area (Å²) in [6, 6.07) is 3.29. The van der Waals surface area contributed by atoms with Crippen molar-refractivity contribution < 1.29 is 4.79 Å². The fourth-order valence-electron chi connectivity index (χ4n) is 1.42. The summed E-state index contributed by atoms with van der Waals surface area (Å²) in [5, 5.41) is 5.69. The van der Waals surface area contributed by atoms with Crippen molar-refractivity contribution in [1.29, 1.82) is 0 Å². The molecule has 2 heterocycles. The summed E-state index contributed by atoms with van der Waals surface area (Å²) in [5.41, 5.74) is 6.45. The van der Waals surface area contributed by atoms with Crippen molar-refractivity contribution in [2.24, 2.45) is 5.73 Å². The lowest BCUT2D eigenvalue weighted by atomic mass is 10.2. The Bertz CT molecular complexity index is 566. The normalized spacial score (nSPS) is 10.1. The molecule has 3 N–H and O–H groups in total. The van der Waals surface area contributed by atoms with E-state index < -0.39 is 0 Å². The molecular formula is C12H12N4OS2. The van der Waals surface area contributed by atoms with Crippen LogP contribution in [0.3, 0.4) is 0 Å². The van der Waals surface area contributed by atoms with Gasteiger partial charge in [-0.05, 0) is 12.1 Å². The van der Waals surface area contributed by atoms with Gasteiger partial charge in [0.05, 0.1) is 5.01 Å². The van der Waals surface area contributed by atoms with Gasteiger partial charge in [0.15, 0.2) is 0 Å². The van der Waals surface area contributed by atoms with E-state index in [1.165, 1.54) is 6.20 Å². The Morgan fingerprint density at radius 2 is 2.26 bits per heavy atom. The van der Waals surface area contributed by atoms with Crippen LogP contribution in [0.4, 0.5) is 0 Å². The highest BCUT2D eigenvalue weighted by Gasteiger charge is 2.07. The maximum absolute atomic E-state index is 11.8. The molecule has 0 atom stereocenters. The molecule has 0 unspecified atom stereocenters. The van der Waals surface area contributed by atoms with Crippen LogP contribution >= 0.6 is 23.6 Å². The van der Waals surface area contributed by atoms with Gasteiger partial charge >= 0.3 is 0 Å². The molecule has 0 fully saturated rings.